The van der Waals surface area contributed by atoms with Crippen LogP contribution in [0.5, 0.6) is 0 Å². The van der Waals surface area contributed by atoms with E-state index < -0.39 is 7.81 Å². The summed E-state index contributed by atoms with van der Waals surface area (Å²) in [5.74, 6) is 0.569. The molecule has 4 aromatic heterocycles. The van der Waals surface area contributed by atoms with Gasteiger partial charge in [0.2, 0.25) is 5.49 Å². The van der Waals surface area contributed by atoms with E-state index in [-0.39, 0.29) is 27.9 Å². The Morgan fingerprint density at radius 3 is 1.72 bits per heavy atom. The molecule has 0 radical (unpaired) electrons. The van der Waals surface area contributed by atoms with Gasteiger partial charge in [0.05, 0.1) is 39.2 Å². The molecule has 0 spiro atoms. The molecule has 0 aliphatic carbocycles. The van der Waals surface area contributed by atoms with Crippen LogP contribution in [-0.4, -0.2) is 58.7 Å². The second-order valence-electron chi connectivity index (χ2n) is 9.07. The number of rotatable bonds is 7. The molecule has 2 aromatic carbocycles. The third-order valence-corrected chi connectivity index (χ3v) is 5.60. The Morgan fingerprint density at radius 1 is 0.745 bits per heavy atom. The summed E-state index contributed by atoms with van der Waals surface area (Å²) in [6.45, 7) is 1.45. The van der Waals surface area contributed by atoms with Crippen LogP contribution >= 0.6 is 7.81 Å². The van der Waals surface area contributed by atoms with Gasteiger partial charge in [0.1, 0.15) is 13.4 Å². The Bertz CT molecular complexity index is 1920. The number of halogens is 6. The first-order chi connectivity index (χ1) is 21.2. The predicted molar refractivity (Wildman–Crippen MR) is 159 cm³/mol. The number of imidazole rings is 2. The fourth-order valence-corrected chi connectivity index (χ4v) is 3.91. The molecule has 21 heteroatoms. The number of nitrogens with one attached hydrogen (secondary N) is 2. The maximum absolute atomic E-state index is 10.7. The fraction of sp³-hybridized carbons (Fsp3) is 0.154. The van der Waals surface area contributed by atoms with Gasteiger partial charge in [0.25, 0.3) is 0 Å². The first-order valence-electron chi connectivity index (χ1n) is 12.8. The maximum Gasteiger partial charge on any atom is 1.00 e. The number of aromatic nitrogens is 8. The molecule has 47 heavy (non-hydrogen) atoms. The van der Waals surface area contributed by atoms with Crippen molar-refractivity contribution in [1.29, 1.82) is 0 Å². The zero-order valence-corrected chi connectivity index (χ0v) is 26.8. The van der Waals surface area contributed by atoms with Gasteiger partial charge in [-0.3, -0.25) is 4.84 Å². The molecule has 258 valence electrons. The smallest absolute Gasteiger partial charge is 0.412 e. The van der Waals surface area contributed by atoms with Crippen molar-refractivity contribution >= 4 is 36.0 Å². The van der Waals surface area contributed by atoms with Gasteiger partial charge >= 0.3 is 55.4 Å². The van der Waals surface area contributed by atoms with Crippen LogP contribution in [-0.2, 0) is 45.1 Å². The minimum absolute atomic E-state index is 0. The van der Waals surface area contributed by atoms with Crippen molar-refractivity contribution in [2.75, 3.05) is 19.7 Å². The Balaban J connectivity index is 0.000000264. The van der Waals surface area contributed by atoms with Crippen molar-refractivity contribution in [3.8, 4) is 0 Å². The van der Waals surface area contributed by atoms with Crippen LogP contribution in [0.2, 0.25) is 0 Å². The summed E-state index contributed by atoms with van der Waals surface area (Å²) in [5.41, 5.74) is 8.60. The average Bonchev–Trinajstić information content (AvgIpc) is 3.59. The van der Waals surface area contributed by atoms with Crippen LogP contribution in [0.25, 0.3) is 22.3 Å². The first-order valence-corrected chi connectivity index (χ1v) is 14.8. The van der Waals surface area contributed by atoms with E-state index in [1.54, 1.807) is 19.0 Å². The molecule has 13 nitrogen and oxygen atoms in total. The largest absolute Gasteiger partial charge is 1.00 e. The summed E-state index contributed by atoms with van der Waals surface area (Å²) in [7, 11) is -7.62. The number of hydrogen-bond donors (Lipinski definition) is 2. The number of anilines is 1. The van der Waals surface area contributed by atoms with Gasteiger partial charge in [-0.15, -0.1) is 0 Å². The Morgan fingerprint density at radius 2 is 1.23 bits per heavy atom. The van der Waals surface area contributed by atoms with E-state index in [0.29, 0.717) is 22.3 Å². The number of nitrogens with zero attached hydrogens (tertiary/aromatic N) is 8. The van der Waals surface area contributed by atoms with Crippen LogP contribution < -0.4 is 11.0 Å². The van der Waals surface area contributed by atoms with E-state index in [9.17, 15) is 25.2 Å². The molecule has 4 heterocycles. The molecule has 0 aliphatic heterocycles. The van der Waals surface area contributed by atoms with E-state index >= 15 is 0 Å². The van der Waals surface area contributed by atoms with Crippen molar-refractivity contribution in [2.24, 2.45) is 5.16 Å². The number of aromatic amines is 1. The quantitative estimate of drug-likeness (QED) is 0.0906. The van der Waals surface area contributed by atoms with Crippen molar-refractivity contribution in [3.05, 3.63) is 103 Å². The molecule has 6 rings (SSSR count). The molecule has 0 unspecified atom stereocenters. The van der Waals surface area contributed by atoms with Gasteiger partial charge in [-0.1, -0.05) is 65.8 Å². The molecule has 0 saturated carbocycles. The van der Waals surface area contributed by atoms with Gasteiger partial charge in [-0.2, -0.15) is 0 Å². The van der Waals surface area contributed by atoms with E-state index in [1.165, 1.54) is 31.7 Å². The van der Waals surface area contributed by atoms with Crippen molar-refractivity contribution < 1.29 is 62.7 Å². The summed E-state index contributed by atoms with van der Waals surface area (Å²) in [4.78, 5) is 33.9. The van der Waals surface area contributed by atoms with Gasteiger partial charge in [-0.25, -0.2) is 30.4 Å². The summed E-state index contributed by atoms with van der Waals surface area (Å²) < 4.78 is 63.2. The second-order valence-corrected chi connectivity index (χ2v) is 11.0. The summed E-state index contributed by atoms with van der Waals surface area (Å²) in [6.07, 6.45) is 6.59. The number of fused-ring (bicyclic) bond motifs is 2. The SMILES string of the molecule is CO/N=c1\[nH]cnc2c1ncn2Cc1ccccc1.CONc1ncnc2c1ncn2Cc1ccccc1.F[P-](F)(F)(F)(F)F.O.[Ag+]. The Hall–Kier alpha value is -4.39. The summed E-state index contributed by atoms with van der Waals surface area (Å²) >= 11 is 0. The monoisotopic (exact) mass is 780 g/mol. The predicted octanol–water partition coefficient (Wildman–Crippen LogP) is 5.67. The molecular formula is C26H28AgF6N10O3P. The molecular weight excluding hydrogens is 753 g/mol. The normalized spacial score (nSPS) is 12.6. The molecule has 6 aromatic rings. The Kier molecular flexibility index (Phi) is 12.8. The van der Waals surface area contributed by atoms with E-state index in [4.69, 9.17) is 9.68 Å². The number of H-pyrrole nitrogens is 1. The van der Waals surface area contributed by atoms with Crippen molar-refractivity contribution in [1.82, 2.24) is 39.0 Å². The van der Waals surface area contributed by atoms with E-state index in [1.807, 2.05) is 45.5 Å². The zero-order chi connectivity index (χ0) is 32.6. The standard InChI is InChI=1S/2C13H13N5O.Ag.F6P.H2O/c2*1-19-17-12-11-13(15-8-14-12)18(9-16-11)7-10-5-3-2-4-6-10;;1-7(2,3,4,5)6;/h2*2-6,8-9H,7H2,1H3,(H,14,15,17);;;1H2/q;;+1;-1;. The van der Waals surface area contributed by atoms with E-state index in [2.05, 4.69) is 64.8 Å². The summed E-state index contributed by atoms with van der Waals surface area (Å²) in [5, 5.41) is 3.88. The minimum atomic E-state index is -10.7. The van der Waals surface area contributed by atoms with Gasteiger partial charge in [0, 0.05) is 0 Å². The summed E-state index contributed by atoms with van der Waals surface area (Å²) in [6, 6.07) is 20.3. The van der Waals surface area contributed by atoms with Crippen LogP contribution in [0.3, 0.4) is 0 Å². The van der Waals surface area contributed by atoms with Crippen LogP contribution in [0.15, 0.2) is 91.1 Å². The third-order valence-electron chi connectivity index (χ3n) is 5.60. The fourth-order valence-electron chi connectivity index (χ4n) is 3.91. The second kappa shape index (κ2) is 15.5. The first kappa shape index (κ1) is 38.8. The van der Waals surface area contributed by atoms with Gasteiger partial charge in [-0.05, 0) is 11.1 Å². The molecule has 0 saturated heterocycles. The van der Waals surface area contributed by atoms with Gasteiger partial charge < -0.3 is 24.4 Å². The number of benzene rings is 2. The van der Waals surface area contributed by atoms with Crippen molar-refractivity contribution in [3.63, 3.8) is 0 Å². The third kappa shape index (κ3) is 12.7. The van der Waals surface area contributed by atoms with Crippen LogP contribution in [0.4, 0.5) is 31.0 Å². The van der Waals surface area contributed by atoms with Gasteiger partial charge in [0.15, 0.2) is 28.1 Å². The Labute approximate surface area is 277 Å². The van der Waals surface area contributed by atoms with Crippen LogP contribution in [0.1, 0.15) is 11.1 Å². The van der Waals surface area contributed by atoms with Crippen LogP contribution in [0, 0.1) is 0 Å². The molecule has 0 fully saturated rings. The van der Waals surface area contributed by atoms with Crippen molar-refractivity contribution in [2.45, 2.75) is 13.1 Å². The molecule has 0 atom stereocenters. The molecule has 0 bridgehead atoms. The molecule has 0 aliphatic rings. The number of hydrogen-bond acceptors (Lipinski definition) is 9. The molecule has 0 amide bonds. The van der Waals surface area contributed by atoms with E-state index in [0.717, 1.165) is 24.4 Å². The topological polar surface area (TPSA) is 164 Å². The zero-order valence-electron chi connectivity index (χ0n) is 24.4. The maximum atomic E-state index is 9.87. The minimum Gasteiger partial charge on any atom is -0.412 e. The molecule has 4 N–H and O–H groups in total. The average molecular weight is 781 g/mol.